The number of nitrogens with one attached hydrogen (secondary N) is 1. The van der Waals surface area contributed by atoms with Gasteiger partial charge < -0.3 is 29.3 Å². The van der Waals surface area contributed by atoms with E-state index in [1.54, 1.807) is 37.3 Å². The second kappa shape index (κ2) is 12.3. The molecule has 194 valence electrons. The highest BCUT2D eigenvalue weighted by Crippen LogP contribution is 2.26. The van der Waals surface area contributed by atoms with Gasteiger partial charge in [-0.3, -0.25) is 19.3 Å². The van der Waals surface area contributed by atoms with Crippen molar-refractivity contribution in [1.82, 2.24) is 14.7 Å². The fraction of sp³-hybridized carbons (Fsp3) is 0.640. The number of ether oxygens (including phenoxy) is 3. The van der Waals surface area contributed by atoms with Crippen LogP contribution in [0.4, 0.5) is 5.69 Å². The van der Waals surface area contributed by atoms with E-state index in [2.05, 4.69) is 10.2 Å². The lowest BCUT2D eigenvalue weighted by molar-refractivity contribution is -0.137. The van der Waals surface area contributed by atoms with Crippen molar-refractivity contribution >= 4 is 23.4 Å². The molecule has 0 bridgehead atoms. The normalized spacial score (nSPS) is 24.6. The topological polar surface area (TPSA) is 101 Å². The van der Waals surface area contributed by atoms with E-state index < -0.39 is 0 Å². The Labute approximate surface area is 207 Å². The summed E-state index contributed by atoms with van der Waals surface area (Å²) in [4.78, 5) is 43.8. The maximum atomic E-state index is 13.4. The van der Waals surface area contributed by atoms with E-state index >= 15 is 0 Å². The van der Waals surface area contributed by atoms with Crippen LogP contribution in [0, 0.1) is 5.92 Å². The van der Waals surface area contributed by atoms with Crippen molar-refractivity contribution < 1.29 is 28.6 Å². The molecular weight excluding hydrogens is 452 g/mol. The summed E-state index contributed by atoms with van der Waals surface area (Å²) in [6, 6.07) is 4.78. The van der Waals surface area contributed by atoms with Gasteiger partial charge in [-0.25, -0.2) is 0 Å². The average Bonchev–Trinajstić information content (AvgIpc) is 2.83. The summed E-state index contributed by atoms with van der Waals surface area (Å²) in [5, 5.41) is 2.72. The van der Waals surface area contributed by atoms with E-state index in [9.17, 15) is 14.4 Å². The Morgan fingerprint density at radius 2 is 1.89 bits per heavy atom. The first-order chi connectivity index (χ1) is 16.7. The molecule has 35 heavy (non-hydrogen) atoms. The van der Waals surface area contributed by atoms with Crippen molar-refractivity contribution in [2.75, 3.05) is 72.0 Å². The number of anilines is 1. The van der Waals surface area contributed by atoms with Gasteiger partial charge in [0.15, 0.2) is 0 Å². The molecule has 1 N–H and O–H groups in total. The number of rotatable bonds is 4. The highest BCUT2D eigenvalue weighted by molar-refractivity contribution is 5.99. The molecule has 0 unspecified atom stereocenters. The van der Waals surface area contributed by atoms with Crippen molar-refractivity contribution in [3.8, 4) is 5.75 Å². The fourth-order valence-electron chi connectivity index (χ4n) is 4.45. The molecule has 0 radical (unpaired) electrons. The van der Waals surface area contributed by atoms with Crippen LogP contribution >= 0.6 is 0 Å². The molecule has 2 aliphatic rings. The number of morpholine rings is 1. The monoisotopic (exact) mass is 490 g/mol. The number of likely N-dealkylation sites (N-methyl/N-ethyl adjacent to an activating group) is 1. The molecule has 0 saturated carbocycles. The fourth-order valence-corrected chi connectivity index (χ4v) is 4.45. The van der Waals surface area contributed by atoms with Gasteiger partial charge in [0.25, 0.3) is 5.91 Å². The SMILES string of the molecule is CO[C@H]1CN(C)C(=O)c2cc(NC(C)=O)ccc2OC[C@@H](C)N(C(=O)CN2CCOCC2)C[C@@H]1C. The molecular formula is C25H38N4O6. The van der Waals surface area contributed by atoms with E-state index in [-0.39, 0.29) is 42.4 Å². The third kappa shape index (κ3) is 7.16. The van der Waals surface area contributed by atoms with Crippen LogP contribution in [0.25, 0.3) is 0 Å². The summed E-state index contributed by atoms with van der Waals surface area (Å²) in [6.45, 7) is 9.52. The van der Waals surface area contributed by atoms with Gasteiger partial charge in [0.2, 0.25) is 11.8 Å². The quantitative estimate of drug-likeness (QED) is 0.679. The van der Waals surface area contributed by atoms with Crippen molar-refractivity contribution in [3.63, 3.8) is 0 Å². The molecule has 1 fully saturated rings. The minimum absolute atomic E-state index is 0.0176. The highest BCUT2D eigenvalue weighted by Gasteiger charge is 2.31. The zero-order valence-electron chi connectivity index (χ0n) is 21.4. The standard InChI is InChI=1S/C25H38N4O6/c1-17-13-29(24(31)15-28-8-10-34-11-9-28)18(2)16-35-22-7-6-20(26-19(3)30)12-21(22)25(32)27(4)14-23(17)33-5/h6-7,12,17-18,23H,8-11,13-16H2,1-5H3,(H,26,30)/t17-,18+,23-/m0/s1. The van der Waals surface area contributed by atoms with Crippen LogP contribution in [0.15, 0.2) is 18.2 Å². The van der Waals surface area contributed by atoms with Gasteiger partial charge >= 0.3 is 0 Å². The van der Waals surface area contributed by atoms with Crippen LogP contribution < -0.4 is 10.1 Å². The summed E-state index contributed by atoms with van der Waals surface area (Å²) in [5.74, 6) is -0.0274. The lowest BCUT2D eigenvalue weighted by Crippen LogP contribution is -2.52. The number of benzene rings is 1. The first-order valence-corrected chi connectivity index (χ1v) is 12.1. The zero-order chi connectivity index (χ0) is 25.5. The Bertz CT molecular complexity index is 904. The number of methoxy groups -OCH3 is 1. The van der Waals surface area contributed by atoms with Gasteiger partial charge in [0.05, 0.1) is 37.5 Å². The van der Waals surface area contributed by atoms with Gasteiger partial charge in [-0.05, 0) is 25.1 Å². The summed E-state index contributed by atoms with van der Waals surface area (Å²) in [7, 11) is 3.34. The predicted octanol–water partition coefficient (Wildman–Crippen LogP) is 1.31. The van der Waals surface area contributed by atoms with Crippen LogP contribution in [-0.2, 0) is 19.1 Å². The number of hydrogen-bond donors (Lipinski definition) is 1. The van der Waals surface area contributed by atoms with Crippen LogP contribution in [0.5, 0.6) is 5.75 Å². The van der Waals surface area contributed by atoms with Gasteiger partial charge in [0, 0.05) is 58.9 Å². The maximum absolute atomic E-state index is 13.4. The molecule has 3 rings (SSSR count). The minimum Gasteiger partial charge on any atom is -0.491 e. The van der Waals surface area contributed by atoms with Crippen LogP contribution in [0.1, 0.15) is 31.1 Å². The number of nitrogens with zero attached hydrogens (tertiary/aromatic N) is 3. The number of hydrogen-bond acceptors (Lipinski definition) is 7. The molecule has 3 amide bonds. The predicted molar refractivity (Wildman–Crippen MR) is 132 cm³/mol. The van der Waals surface area contributed by atoms with Crippen LogP contribution in [0.2, 0.25) is 0 Å². The number of carbonyl (C=O) groups is 3. The third-order valence-electron chi connectivity index (χ3n) is 6.55. The Morgan fingerprint density at radius 1 is 1.17 bits per heavy atom. The van der Waals surface area contributed by atoms with Gasteiger partial charge in [-0.1, -0.05) is 6.92 Å². The molecule has 2 aliphatic heterocycles. The molecule has 10 nitrogen and oxygen atoms in total. The zero-order valence-corrected chi connectivity index (χ0v) is 21.4. The van der Waals surface area contributed by atoms with Crippen molar-refractivity contribution in [2.24, 2.45) is 5.92 Å². The summed E-state index contributed by atoms with van der Waals surface area (Å²) in [6.07, 6.45) is -0.267. The largest absolute Gasteiger partial charge is 0.491 e. The lowest BCUT2D eigenvalue weighted by atomic mass is 10.0. The molecule has 0 aliphatic carbocycles. The number of carbonyl (C=O) groups excluding carboxylic acids is 3. The molecule has 0 spiro atoms. The Kier molecular flexibility index (Phi) is 9.47. The van der Waals surface area contributed by atoms with Crippen LogP contribution in [-0.4, -0.2) is 111 Å². The van der Waals surface area contributed by atoms with Crippen molar-refractivity contribution in [3.05, 3.63) is 23.8 Å². The average molecular weight is 491 g/mol. The van der Waals surface area contributed by atoms with E-state index in [1.165, 1.54) is 6.92 Å². The van der Waals surface area contributed by atoms with E-state index in [0.717, 1.165) is 13.1 Å². The Morgan fingerprint density at radius 3 is 2.54 bits per heavy atom. The lowest BCUT2D eigenvalue weighted by Gasteiger charge is -2.37. The van der Waals surface area contributed by atoms with E-state index in [1.807, 2.05) is 18.7 Å². The van der Waals surface area contributed by atoms with Gasteiger partial charge in [0.1, 0.15) is 12.4 Å². The van der Waals surface area contributed by atoms with Crippen molar-refractivity contribution in [2.45, 2.75) is 32.9 Å². The van der Waals surface area contributed by atoms with E-state index in [0.29, 0.717) is 49.8 Å². The minimum atomic E-state index is -0.267. The maximum Gasteiger partial charge on any atom is 0.257 e. The second-order valence-corrected chi connectivity index (χ2v) is 9.42. The number of amides is 3. The first kappa shape index (κ1) is 26.9. The Hall–Kier alpha value is -2.69. The summed E-state index contributed by atoms with van der Waals surface area (Å²) in [5.41, 5.74) is 0.862. The van der Waals surface area contributed by atoms with Gasteiger partial charge in [-0.15, -0.1) is 0 Å². The highest BCUT2D eigenvalue weighted by atomic mass is 16.5. The van der Waals surface area contributed by atoms with Crippen LogP contribution in [0.3, 0.4) is 0 Å². The molecule has 1 saturated heterocycles. The van der Waals surface area contributed by atoms with E-state index in [4.69, 9.17) is 14.2 Å². The summed E-state index contributed by atoms with van der Waals surface area (Å²) < 4.78 is 17.3. The smallest absolute Gasteiger partial charge is 0.257 e. The molecule has 0 aromatic heterocycles. The molecule has 3 atom stereocenters. The third-order valence-corrected chi connectivity index (χ3v) is 6.55. The Balaban J connectivity index is 1.89. The van der Waals surface area contributed by atoms with Gasteiger partial charge in [-0.2, -0.15) is 0 Å². The first-order valence-electron chi connectivity index (χ1n) is 12.1. The second-order valence-electron chi connectivity index (χ2n) is 9.42. The number of fused-ring (bicyclic) bond motifs is 1. The molecule has 2 heterocycles. The molecule has 1 aromatic rings. The molecule has 10 heteroatoms. The molecule has 1 aromatic carbocycles. The van der Waals surface area contributed by atoms with Crippen molar-refractivity contribution in [1.29, 1.82) is 0 Å². The summed E-state index contributed by atoms with van der Waals surface area (Å²) >= 11 is 0.